The third-order valence-corrected chi connectivity index (χ3v) is 5.20. The molecule has 0 bridgehead atoms. The highest BCUT2D eigenvalue weighted by atomic mass is 16.2. The van der Waals surface area contributed by atoms with E-state index in [1.165, 1.54) is 5.69 Å². The van der Waals surface area contributed by atoms with Crippen molar-refractivity contribution in [3.63, 3.8) is 0 Å². The van der Waals surface area contributed by atoms with Crippen molar-refractivity contribution in [2.75, 3.05) is 51.2 Å². The first-order valence-electron chi connectivity index (χ1n) is 10.5. The molecule has 162 valence electrons. The van der Waals surface area contributed by atoms with Crippen LogP contribution in [-0.2, 0) is 18.4 Å². The fraction of sp³-hybridized carbons (Fsp3) is 0.524. The Bertz CT molecular complexity index is 827. The fourth-order valence-corrected chi connectivity index (χ4v) is 3.47. The maximum atomic E-state index is 12.6. The highest BCUT2D eigenvalue weighted by Gasteiger charge is 2.22. The standard InChI is InChI=1S/C21H32N8O/c1-4-22-20(27(3)17-18-7-5-12-26(18)2)25-11-8-19(30)28-13-15-29(16-14-28)21-23-9-6-10-24-21/h5-7,9-10,12H,4,8,11,13-17H2,1-3H3,(H,22,25). The van der Waals surface area contributed by atoms with Crippen molar-refractivity contribution in [1.29, 1.82) is 0 Å². The molecule has 3 rings (SSSR count). The molecule has 0 unspecified atom stereocenters. The van der Waals surface area contributed by atoms with Gasteiger partial charge in [-0.3, -0.25) is 9.79 Å². The van der Waals surface area contributed by atoms with Crippen LogP contribution in [0.15, 0.2) is 41.8 Å². The number of carbonyl (C=O) groups excluding carboxylic acids is 1. The number of piperazine rings is 1. The SMILES string of the molecule is CCNC(=NCCC(=O)N1CCN(c2ncccn2)CC1)N(C)Cc1cccn1C. The zero-order chi connectivity index (χ0) is 21.3. The van der Waals surface area contributed by atoms with Crippen LogP contribution in [0.1, 0.15) is 19.0 Å². The number of rotatable bonds is 7. The van der Waals surface area contributed by atoms with E-state index < -0.39 is 0 Å². The number of aliphatic imine (C=N–C) groups is 1. The summed E-state index contributed by atoms with van der Waals surface area (Å²) in [5.41, 5.74) is 1.21. The van der Waals surface area contributed by atoms with Crippen molar-refractivity contribution in [3.8, 4) is 0 Å². The van der Waals surface area contributed by atoms with Crippen molar-refractivity contribution in [1.82, 2.24) is 29.7 Å². The Hall–Kier alpha value is -3.10. The van der Waals surface area contributed by atoms with Gasteiger partial charge in [0.15, 0.2) is 5.96 Å². The van der Waals surface area contributed by atoms with Gasteiger partial charge in [0.2, 0.25) is 11.9 Å². The first kappa shape index (κ1) is 21.6. The topological polar surface area (TPSA) is 81.9 Å². The van der Waals surface area contributed by atoms with Gasteiger partial charge in [0, 0.05) is 77.5 Å². The molecule has 0 spiro atoms. The molecule has 1 amide bonds. The maximum absolute atomic E-state index is 12.6. The zero-order valence-electron chi connectivity index (χ0n) is 18.2. The smallest absolute Gasteiger partial charge is 0.225 e. The Morgan fingerprint density at radius 1 is 1.20 bits per heavy atom. The van der Waals surface area contributed by atoms with Crippen LogP contribution in [0.3, 0.4) is 0 Å². The van der Waals surface area contributed by atoms with E-state index in [0.717, 1.165) is 38.1 Å². The van der Waals surface area contributed by atoms with Crippen molar-refractivity contribution >= 4 is 17.8 Å². The summed E-state index contributed by atoms with van der Waals surface area (Å²) in [5.74, 6) is 1.69. The van der Waals surface area contributed by atoms with Crippen molar-refractivity contribution in [3.05, 3.63) is 42.5 Å². The van der Waals surface area contributed by atoms with Crippen molar-refractivity contribution in [2.24, 2.45) is 12.0 Å². The summed E-state index contributed by atoms with van der Waals surface area (Å²) in [4.78, 5) is 32.0. The predicted octanol–water partition coefficient (Wildman–Crippen LogP) is 0.951. The number of anilines is 1. The van der Waals surface area contributed by atoms with Gasteiger partial charge in [-0.15, -0.1) is 0 Å². The first-order valence-corrected chi connectivity index (χ1v) is 10.5. The Kier molecular flexibility index (Phi) is 7.64. The molecule has 0 aromatic carbocycles. The molecular weight excluding hydrogens is 380 g/mol. The van der Waals surface area contributed by atoms with Gasteiger partial charge in [0.1, 0.15) is 0 Å². The Morgan fingerprint density at radius 2 is 1.93 bits per heavy atom. The summed E-state index contributed by atoms with van der Waals surface area (Å²) < 4.78 is 2.10. The summed E-state index contributed by atoms with van der Waals surface area (Å²) in [6, 6.07) is 5.95. The average molecular weight is 413 g/mol. The predicted molar refractivity (Wildman–Crippen MR) is 118 cm³/mol. The van der Waals surface area contributed by atoms with Crippen molar-refractivity contribution < 1.29 is 4.79 Å². The highest BCUT2D eigenvalue weighted by Crippen LogP contribution is 2.10. The third kappa shape index (κ3) is 5.71. The molecule has 0 aliphatic carbocycles. The first-order chi connectivity index (χ1) is 14.6. The summed E-state index contributed by atoms with van der Waals surface area (Å²) in [6.07, 6.45) is 5.94. The maximum Gasteiger partial charge on any atom is 0.225 e. The molecule has 1 aliphatic heterocycles. The van der Waals surface area contributed by atoms with E-state index in [1.54, 1.807) is 12.4 Å². The van der Waals surface area contributed by atoms with Gasteiger partial charge in [-0.05, 0) is 25.1 Å². The van der Waals surface area contributed by atoms with Crippen LogP contribution in [0.5, 0.6) is 0 Å². The van der Waals surface area contributed by atoms with Gasteiger partial charge in [-0.2, -0.15) is 0 Å². The van der Waals surface area contributed by atoms with Crippen LogP contribution in [0.4, 0.5) is 5.95 Å². The minimum Gasteiger partial charge on any atom is -0.357 e. The number of hydrogen-bond donors (Lipinski definition) is 1. The van der Waals surface area contributed by atoms with E-state index >= 15 is 0 Å². The van der Waals surface area contributed by atoms with Crippen LogP contribution < -0.4 is 10.2 Å². The number of aryl methyl sites for hydroxylation is 1. The lowest BCUT2D eigenvalue weighted by atomic mass is 10.3. The average Bonchev–Trinajstić information content (AvgIpc) is 3.18. The molecule has 9 nitrogen and oxygen atoms in total. The monoisotopic (exact) mass is 412 g/mol. The lowest BCUT2D eigenvalue weighted by Crippen LogP contribution is -2.49. The van der Waals surface area contributed by atoms with Crippen LogP contribution >= 0.6 is 0 Å². The number of nitrogens with zero attached hydrogens (tertiary/aromatic N) is 7. The zero-order valence-corrected chi connectivity index (χ0v) is 18.2. The van der Waals surface area contributed by atoms with Crippen LogP contribution in [0.25, 0.3) is 0 Å². The minimum absolute atomic E-state index is 0.147. The molecule has 1 fully saturated rings. The number of carbonyl (C=O) groups is 1. The van der Waals surface area contributed by atoms with Crippen LogP contribution in [0, 0.1) is 0 Å². The Balaban J connectivity index is 1.47. The summed E-state index contributed by atoms with van der Waals surface area (Å²) in [5, 5.41) is 3.31. The Morgan fingerprint density at radius 3 is 2.57 bits per heavy atom. The lowest BCUT2D eigenvalue weighted by molar-refractivity contribution is -0.131. The minimum atomic E-state index is 0.147. The molecule has 3 heterocycles. The van der Waals surface area contributed by atoms with Gasteiger partial charge in [0.25, 0.3) is 0 Å². The van der Waals surface area contributed by atoms with Gasteiger partial charge in [0.05, 0.1) is 13.1 Å². The van der Waals surface area contributed by atoms with Crippen LogP contribution in [-0.4, -0.2) is 82.5 Å². The molecule has 1 saturated heterocycles. The second-order valence-corrected chi connectivity index (χ2v) is 7.37. The van der Waals surface area contributed by atoms with Gasteiger partial charge in [-0.25, -0.2) is 9.97 Å². The van der Waals surface area contributed by atoms with Crippen LogP contribution in [0.2, 0.25) is 0 Å². The second-order valence-electron chi connectivity index (χ2n) is 7.37. The van der Waals surface area contributed by atoms with Gasteiger partial charge < -0.3 is 24.6 Å². The van der Waals surface area contributed by atoms with E-state index in [-0.39, 0.29) is 5.91 Å². The lowest BCUT2D eigenvalue weighted by Gasteiger charge is -2.34. The largest absolute Gasteiger partial charge is 0.357 e. The van der Waals surface area contributed by atoms with E-state index in [1.807, 2.05) is 44.2 Å². The third-order valence-electron chi connectivity index (χ3n) is 5.20. The molecule has 30 heavy (non-hydrogen) atoms. The molecule has 0 radical (unpaired) electrons. The quantitative estimate of drug-likeness (QED) is 0.539. The highest BCUT2D eigenvalue weighted by molar-refractivity contribution is 5.81. The van der Waals surface area contributed by atoms with E-state index in [9.17, 15) is 4.79 Å². The molecule has 2 aromatic rings. The summed E-state index contributed by atoms with van der Waals surface area (Å²) >= 11 is 0. The fourth-order valence-electron chi connectivity index (χ4n) is 3.47. The molecule has 2 aromatic heterocycles. The molecule has 1 N–H and O–H groups in total. The number of amides is 1. The normalized spacial score (nSPS) is 14.7. The van der Waals surface area contributed by atoms with Gasteiger partial charge in [-0.1, -0.05) is 0 Å². The van der Waals surface area contributed by atoms with E-state index in [4.69, 9.17) is 0 Å². The molecule has 0 saturated carbocycles. The number of guanidine groups is 1. The van der Waals surface area contributed by atoms with E-state index in [2.05, 4.69) is 40.7 Å². The summed E-state index contributed by atoms with van der Waals surface area (Å²) in [6.45, 7) is 6.94. The number of hydrogen-bond acceptors (Lipinski definition) is 5. The van der Waals surface area contributed by atoms with Crippen molar-refractivity contribution in [2.45, 2.75) is 19.9 Å². The second kappa shape index (κ2) is 10.6. The van der Waals surface area contributed by atoms with E-state index in [0.29, 0.717) is 26.1 Å². The molecule has 1 aliphatic rings. The molecular formula is C21H32N8O. The van der Waals surface area contributed by atoms with Gasteiger partial charge >= 0.3 is 0 Å². The molecule has 9 heteroatoms. The Labute approximate surface area is 178 Å². The molecule has 0 atom stereocenters. The number of aromatic nitrogens is 3. The summed E-state index contributed by atoms with van der Waals surface area (Å²) in [7, 11) is 4.05. The number of nitrogens with one attached hydrogen (secondary N) is 1.